The number of pyridine rings is 1. The van der Waals surface area contributed by atoms with Crippen LogP contribution in [0, 0.1) is 0 Å². The molecule has 0 bridgehead atoms. The van der Waals surface area contributed by atoms with Gasteiger partial charge < -0.3 is 25.8 Å². The number of nitrogen functional groups attached to an aromatic ring is 1. The van der Waals surface area contributed by atoms with Crippen LogP contribution in [0.25, 0.3) is 10.8 Å². The Balaban J connectivity index is 1.69. The number of nitrogens with one attached hydrogen (secondary N) is 3. The van der Waals surface area contributed by atoms with Gasteiger partial charge in [-0.15, -0.1) is 0 Å². The first kappa shape index (κ1) is 31.6. The van der Waals surface area contributed by atoms with Crippen LogP contribution in [0.2, 0.25) is 0 Å². The molecule has 228 valence electrons. The van der Waals surface area contributed by atoms with Crippen molar-refractivity contribution in [2.75, 3.05) is 17.7 Å². The fourth-order valence-corrected chi connectivity index (χ4v) is 6.14. The molecule has 0 saturated heterocycles. The van der Waals surface area contributed by atoms with Crippen LogP contribution in [0.1, 0.15) is 51.8 Å². The molecule has 0 spiro atoms. The van der Waals surface area contributed by atoms with Crippen molar-refractivity contribution in [2.24, 2.45) is 0 Å². The predicted molar refractivity (Wildman–Crippen MR) is 170 cm³/mol. The van der Waals surface area contributed by atoms with E-state index in [9.17, 15) is 13.2 Å². The topological polar surface area (TPSA) is 145 Å². The summed E-state index contributed by atoms with van der Waals surface area (Å²) in [5.41, 5.74) is 7.82. The number of fused-ring (bicyclic) bond motifs is 1. The Morgan fingerprint density at radius 2 is 1.74 bits per heavy atom. The van der Waals surface area contributed by atoms with Crippen molar-refractivity contribution in [1.29, 1.82) is 0 Å². The van der Waals surface area contributed by atoms with Crippen LogP contribution in [0.3, 0.4) is 0 Å². The maximum absolute atomic E-state index is 13.9. The molecule has 4 rings (SSSR count). The quantitative estimate of drug-likeness (QED) is 0.164. The molecule has 5 N–H and O–H groups in total. The van der Waals surface area contributed by atoms with E-state index in [4.69, 9.17) is 15.2 Å². The smallest absolute Gasteiger partial charge is 0.247 e. The second-order valence-electron chi connectivity index (χ2n) is 10.6. The highest BCUT2D eigenvalue weighted by molar-refractivity contribution is 7.89. The summed E-state index contributed by atoms with van der Waals surface area (Å²) in [6.45, 7) is 9.66. The lowest BCUT2D eigenvalue weighted by atomic mass is 10.0. The Labute approximate surface area is 253 Å². The summed E-state index contributed by atoms with van der Waals surface area (Å²) < 4.78 is 40.3. The van der Waals surface area contributed by atoms with Crippen LogP contribution in [0.5, 0.6) is 11.5 Å². The number of hydrogen-bond acceptors (Lipinski definition) is 8. The largest absolute Gasteiger partial charge is 0.490 e. The minimum Gasteiger partial charge on any atom is -0.490 e. The normalized spacial score (nSPS) is 12.3. The summed E-state index contributed by atoms with van der Waals surface area (Å²) in [5, 5.41) is 7.94. The molecule has 0 aliphatic rings. The van der Waals surface area contributed by atoms with E-state index in [1.807, 2.05) is 51.1 Å². The highest BCUT2D eigenvalue weighted by atomic mass is 32.2. The Morgan fingerprint density at radius 1 is 0.977 bits per heavy atom. The van der Waals surface area contributed by atoms with Gasteiger partial charge in [-0.05, 0) is 93.6 Å². The third-order valence-corrected chi connectivity index (χ3v) is 8.20. The first-order valence-electron chi connectivity index (χ1n) is 14.2. The van der Waals surface area contributed by atoms with Gasteiger partial charge in [0.25, 0.3) is 0 Å². The third-order valence-electron chi connectivity index (χ3n) is 6.44. The van der Waals surface area contributed by atoms with Crippen LogP contribution in [-0.4, -0.2) is 38.1 Å². The number of hydrogen-bond donors (Lipinski definition) is 4. The number of sulfonamides is 1. The number of amides is 1. The van der Waals surface area contributed by atoms with Gasteiger partial charge >= 0.3 is 0 Å². The lowest BCUT2D eigenvalue weighted by molar-refractivity contribution is -0.122. The highest BCUT2D eigenvalue weighted by Crippen LogP contribution is 2.33. The van der Waals surface area contributed by atoms with Crippen molar-refractivity contribution < 1.29 is 22.7 Å². The fraction of sp³-hybridized carbons (Fsp3) is 0.312. The molecule has 0 fully saturated rings. The Kier molecular flexibility index (Phi) is 10.1. The molecule has 0 radical (unpaired) electrons. The zero-order chi connectivity index (χ0) is 31.1. The van der Waals surface area contributed by atoms with Crippen molar-refractivity contribution in [1.82, 2.24) is 15.0 Å². The van der Waals surface area contributed by atoms with Gasteiger partial charge in [0.15, 0.2) is 11.5 Å². The molecule has 1 heterocycles. The molecule has 0 aliphatic carbocycles. The zero-order valence-corrected chi connectivity index (χ0v) is 25.9. The van der Waals surface area contributed by atoms with Crippen molar-refractivity contribution in [3.63, 3.8) is 0 Å². The average Bonchev–Trinajstić information content (AvgIpc) is 2.95. The summed E-state index contributed by atoms with van der Waals surface area (Å²) in [5.74, 6) is 1.14. The molecule has 1 amide bonds. The molecule has 4 aromatic rings. The number of rotatable bonds is 13. The van der Waals surface area contributed by atoms with Gasteiger partial charge in [0.1, 0.15) is 11.9 Å². The maximum atomic E-state index is 13.9. The molecule has 10 nitrogen and oxygen atoms in total. The lowest BCUT2D eigenvalue weighted by Gasteiger charge is -2.23. The standard InChI is InChI=1S/C32H39N5O5S/c1-6-41-28-18-23(11-14-27(28)42-21(4)5)30(36-25-12-13-26-22(17-25)15-16-34-31(26)33)32(38)35-19-24-9-7-8-10-29(24)43(39,40)37-20(2)3/h7-18,20-21,30,36-37H,6,19H2,1-5H3,(H2,33,34)(H,35,38). The van der Waals surface area contributed by atoms with Crippen LogP contribution in [0.4, 0.5) is 11.5 Å². The van der Waals surface area contributed by atoms with E-state index in [0.717, 1.165) is 10.8 Å². The van der Waals surface area contributed by atoms with Gasteiger partial charge in [-0.25, -0.2) is 18.1 Å². The SMILES string of the molecule is CCOc1cc(C(Nc2ccc3c(N)nccc3c2)C(=O)NCc2ccccc2S(=O)(=O)NC(C)C)ccc1OC(C)C. The number of nitrogens with zero attached hydrogens (tertiary/aromatic N) is 1. The van der Waals surface area contributed by atoms with E-state index in [1.165, 1.54) is 6.07 Å². The van der Waals surface area contributed by atoms with Gasteiger partial charge in [-0.3, -0.25) is 4.79 Å². The van der Waals surface area contributed by atoms with Crippen molar-refractivity contribution in [2.45, 2.75) is 64.2 Å². The summed E-state index contributed by atoms with van der Waals surface area (Å²) >= 11 is 0. The number of carbonyl (C=O) groups is 1. The van der Waals surface area contributed by atoms with Crippen LogP contribution < -0.4 is 30.6 Å². The number of carbonyl (C=O) groups excluding carboxylic acids is 1. The Bertz CT molecular complexity index is 1690. The molecule has 1 unspecified atom stereocenters. The third kappa shape index (κ3) is 7.94. The minimum atomic E-state index is -3.77. The molecule has 1 atom stereocenters. The van der Waals surface area contributed by atoms with Crippen molar-refractivity contribution in [3.05, 3.63) is 84.1 Å². The molecule has 3 aromatic carbocycles. The average molecular weight is 606 g/mol. The van der Waals surface area contributed by atoms with Crippen molar-refractivity contribution in [3.8, 4) is 11.5 Å². The van der Waals surface area contributed by atoms with E-state index in [-0.39, 0.29) is 29.5 Å². The van der Waals surface area contributed by atoms with Gasteiger partial charge in [-0.2, -0.15) is 0 Å². The maximum Gasteiger partial charge on any atom is 0.247 e. The molecule has 0 saturated carbocycles. The van der Waals surface area contributed by atoms with E-state index >= 15 is 0 Å². The number of benzene rings is 3. The number of nitrogens with two attached hydrogens (primary N) is 1. The first-order valence-corrected chi connectivity index (χ1v) is 15.7. The Morgan fingerprint density at radius 3 is 2.47 bits per heavy atom. The molecule has 11 heteroatoms. The van der Waals surface area contributed by atoms with E-state index in [0.29, 0.717) is 40.7 Å². The first-order chi connectivity index (χ1) is 20.5. The summed E-state index contributed by atoms with van der Waals surface area (Å²) in [6.07, 6.45) is 1.57. The lowest BCUT2D eigenvalue weighted by Crippen LogP contribution is -2.35. The second kappa shape index (κ2) is 13.7. The summed E-state index contributed by atoms with van der Waals surface area (Å²) in [6, 6.07) is 18.3. The minimum absolute atomic E-state index is 0.00102. The monoisotopic (exact) mass is 605 g/mol. The number of ether oxygens (including phenoxy) is 2. The molecular weight excluding hydrogens is 566 g/mol. The second-order valence-corrected chi connectivity index (χ2v) is 12.3. The number of anilines is 2. The van der Waals surface area contributed by atoms with Gasteiger partial charge in [-0.1, -0.05) is 24.3 Å². The highest BCUT2D eigenvalue weighted by Gasteiger charge is 2.25. The summed E-state index contributed by atoms with van der Waals surface area (Å²) in [4.78, 5) is 18.1. The van der Waals surface area contributed by atoms with E-state index < -0.39 is 16.1 Å². The zero-order valence-electron chi connectivity index (χ0n) is 25.0. The molecule has 0 aliphatic heterocycles. The molecule has 1 aromatic heterocycles. The Hall–Kier alpha value is -4.35. The van der Waals surface area contributed by atoms with Crippen molar-refractivity contribution >= 4 is 38.2 Å². The van der Waals surface area contributed by atoms with E-state index in [2.05, 4.69) is 20.3 Å². The van der Waals surface area contributed by atoms with Gasteiger partial charge in [0.05, 0.1) is 17.6 Å². The van der Waals surface area contributed by atoms with Gasteiger partial charge in [0, 0.05) is 29.9 Å². The fourth-order valence-electron chi connectivity index (χ4n) is 4.65. The molecular formula is C32H39N5O5S. The van der Waals surface area contributed by atoms with Crippen LogP contribution in [-0.2, 0) is 21.4 Å². The van der Waals surface area contributed by atoms with Gasteiger partial charge in [0.2, 0.25) is 15.9 Å². The molecule has 43 heavy (non-hydrogen) atoms. The van der Waals surface area contributed by atoms with E-state index in [1.54, 1.807) is 50.4 Å². The van der Waals surface area contributed by atoms with Crippen LogP contribution >= 0.6 is 0 Å². The summed E-state index contributed by atoms with van der Waals surface area (Å²) in [7, 11) is -3.77. The predicted octanol–water partition coefficient (Wildman–Crippen LogP) is 5.16. The number of aromatic nitrogens is 1. The van der Waals surface area contributed by atoms with Crippen LogP contribution in [0.15, 0.2) is 77.8 Å².